The van der Waals surface area contributed by atoms with Gasteiger partial charge in [-0.3, -0.25) is 20.2 Å². The molecule has 3 aromatic rings. The molecular formula is C19H16N2O4S5. The largest absolute Gasteiger partial charge is 0.269 e. The molecule has 0 unspecified atom stereocenters. The average Bonchev–Trinajstić information content (AvgIpc) is 3.08. The first-order chi connectivity index (χ1) is 14.4. The quantitative estimate of drug-likeness (QED) is 0.129. The molecule has 11 heteroatoms. The lowest BCUT2D eigenvalue weighted by molar-refractivity contribution is -0.385. The summed E-state index contributed by atoms with van der Waals surface area (Å²) >= 11 is 12.1. The molecule has 0 saturated heterocycles. The second kappa shape index (κ2) is 11.0. The van der Waals surface area contributed by atoms with Gasteiger partial charge in [-0.05, 0) is 24.0 Å². The highest BCUT2D eigenvalue weighted by Crippen LogP contribution is 2.41. The van der Waals surface area contributed by atoms with Crippen LogP contribution in [0.1, 0.15) is 11.1 Å². The molecule has 3 rings (SSSR count). The van der Waals surface area contributed by atoms with Crippen molar-refractivity contribution in [3.05, 3.63) is 83.0 Å². The third-order valence-corrected chi connectivity index (χ3v) is 9.65. The number of rotatable bonds is 10. The van der Waals surface area contributed by atoms with Gasteiger partial charge in [0.15, 0.2) is 0 Å². The van der Waals surface area contributed by atoms with Gasteiger partial charge in [-0.25, -0.2) is 0 Å². The van der Waals surface area contributed by atoms with Gasteiger partial charge < -0.3 is 0 Å². The molecule has 1 aromatic heterocycles. The van der Waals surface area contributed by atoms with Crippen molar-refractivity contribution in [1.82, 2.24) is 0 Å². The molecule has 0 saturated carbocycles. The fraction of sp³-hybridized carbons (Fsp3) is 0.211. The van der Waals surface area contributed by atoms with Crippen molar-refractivity contribution in [2.45, 2.75) is 21.3 Å². The minimum absolute atomic E-state index is 0.105. The van der Waals surface area contributed by atoms with E-state index in [9.17, 15) is 20.2 Å². The molecule has 0 aliphatic rings. The SMILES string of the molecule is O=[N+]([O-])c1ccc(CCSc2sc(=S)sc2SCCc2ccc([N+](=O)[O-])cc2)cc1. The first-order valence-electron chi connectivity index (χ1n) is 8.78. The molecule has 0 bridgehead atoms. The van der Waals surface area contributed by atoms with E-state index < -0.39 is 9.85 Å². The number of thioether (sulfide) groups is 2. The lowest BCUT2D eigenvalue weighted by Crippen LogP contribution is -1.92. The van der Waals surface area contributed by atoms with Crippen molar-refractivity contribution in [2.75, 3.05) is 11.5 Å². The number of nitrogens with zero attached hydrogens (tertiary/aromatic N) is 2. The van der Waals surface area contributed by atoms with Gasteiger partial charge in [0.05, 0.1) is 18.3 Å². The zero-order valence-corrected chi connectivity index (χ0v) is 19.6. The van der Waals surface area contributed by atoms with Gasteiger partial charge in [0.25, 0.3) is 11.4 Å². The molecule has 2 aromatic carbocycles. The van der Waals surface area contributed by atoms with Crippen LogP contribution in [0.2, 0.25) is 0 Å². The Balaban J connectivity index is 1.50. The van der Waals surface area contributed by atoms with Gasteiger partial charge in [-0.2, -0.15) is 0 Å². The molecule has 0 fully saturated rings. The number of non-ortho nitro benzene ring substituents is 2. The van der Waals surface area contributed by atoms with Crippen molar-refractivity contribution >= 4 is 69.8 Å². The summed E-state index contributed by atoms with van der Waals surface area (Å²) in [6, 6.07) is 13.3. The standard InChI is InChI=1S/C19H16N2O4S5/c22-20(23)15-5-1-13(2-6-15)9-11-27-17-18(30-19(26)29-17)28-12-10-14-3-7-16(8-4-14)21(24)25/h1-8H,9-12H2. The summed E-state index contributed by atoms with van der Waals surface area (Å²) in [6.45, 7) is 0. The van der Waals surface area contributed by atoms with Gasteiger partial charge in [0, 0.05) is 35.8 Å². The van der Waals surface area contributed by atoms with Gasteiger partial charge >= 0.3 is 0 Å². The topological polar surface area (TPSA) is 86.3 Å². The fourth-order valence-corrected chi connectivity index (χ4v) is 8.75. The number of benzene rings is 2. The van der Waals surface area contributed by atoms with Gasteiger partial charge in [-0.15, -0.1) is 46.2 Å². The molecule has 0 aliphatic carbocycles. The van der Waals surface area contributed by atoms with E-state index in [0.29, 0.717) is 0 Å². The van der Waals surface area contributed by atoms with Crippen LogP contribution in [0.4, 0.5) is 11.4 Å². The van der Waals surface area contributed by atoms with E-state index in [1.807, 2.05) is 0 Å². The van der Waals surface area contributed by atoms with E-state index in [-0.39, 0.29) is 11.4 Å². The molecule has 1 heterocycles. The molecule has 0 atom stereocenters. The molecule has 0 amide bonds. The maximum atomic E-state index is 10.7. The Kier molecular flexibility index (Phi) is 8.40. The highest BCUT2D eigenvalue weighted by atomic mass is 32.2. The number of hydrogen-bond donors (Lipinski definition) is 0. The summed E-state index contributed by atoms with van der Waals surface area (Å²) in [5.74, 6) is 1.74. The summed E-state index contributed by atoms with van der Waals surface area (Å²) in [6.07, 6.45) is 1.65. The molecule has 6 nitrogen and oxygen atoms in total. The van der Waals surface area contributed by atoms with Crippen LogP contribution >= 0.6 is 58.4 Å². The average molecular weight is 497 g/mol. The minimum Gasteiger partial charge on any atom is -0.258 e. The molecule has 0 N–H and O–H groups in total. The van der Waals surface area contributed by atoms with Crippen molar-refractivity contribution in [2.24, 2.45) is 0 Å². The highest BCUT2D eigenvalue weighted by Gasteiger charge is 2.10. The van der Waals surface area contributed by atoms with E-state index >= 15 is 0 Å². The minimum atomic E-state index is -0.392. The number of hydrogen-bond acceptors (Lipinski definition) is 9. The smallest absolute Gasteiger partial charge is 0.258 e. The molecule has 30 heavy (non-hydrogen) atoms. The van der Waals surface area contributed by atoms with Gasteiger partial charge in [0.1, 0.15) is 3.14 Å². The van der Waals surface area contributed by atoms with Crippen molar-refractivity contribution in [1.29, 1.82) is 0 Å². The zero-order chi connectivity index (χ0) is 21.5. The third-order valence-electron chi connectivity index (χ3n) is 4.06. The Morgan fingerprint density at radius 3 is 1.43 bits per heavy atom. The van der Waals surface area contributed by atoms with Crippen LogP contribution in [0.3, 0.4) is 0 Å². The normalized spacial score (nSPS) is 10.8. The van der Waals surface area contributed by atoms with E-state index in [1.165, 1.54) is 32.7 Å². The summed E-state index contributed by atoms with van der Waals surface area (Å²) in [5.41, 5.74) is 2.35. The zero-order valence-electron chi connectivity index (χ0n) is 15.5. The lowest BCUT2D eigenvalue weighted by atomic mass is 10.1. The third kappa shape index (κ3) is 6.61. The Hall–Kier alpha value is -1.79. The summed E-state index contributed by atoms with van der Waals surface area (Å²) in [5, 5.41) is 21.5. The summed E-state index contributed by atoms with van der Waals surface area (Å²) in [4.78, 5) is 20.7. The van der Waals surface area contributed by atoms with Crippen LogP contribution < -0.4 is 0 Å². The summed E-state index contributed by atoms with van der Waals surface area (Å²) in [7, 11) is 0. The highest BCUT2D eigenvalue weighted by molar-refractivity contribution is 8.05. The first kappa shape index (κ1) is 22.9. The fourth-order valence-electron chi connectivity index (χ4n) is 2.52. The lowest BCUT2D eigenvalue weighted by Gasteiger charge is -2.04. The summed E-state index contributed by atoms with van der Waals surface area (Å²) < 4.78 is 3.31. The number of aryl methyl sites for hydroxylation is 2. The van der Waals surface area contributed by atoms with Crippen molar-refractivity contribution < 1.29 is 9.85 Å². The predicted octanol–water partition coefficient (Wildman–Crippen LogP) is 7.03. The molecule has 0 radical (unpaired) electrons. The van der Waals surface area contributed by atoms with Crippen LogP contribution in [0, 0.1) is 23.4 Å². The van der Waals surface area contributed by atoms with E-state index in [4.69, 9.17) is 12.2 Å². The monoisotopic (exact) mass is 496 g/mol. The van der Waals surface area contributed by atoms with Gasteiger partial charge in [0.2, 0.25) is 0 Å². The number of nitro benzene ring substituents is 2. The second-order valence-electron chi connectivity index (χ2n) is 6.07. The predicted molar refractivity (Wildman–Crippen MR) is 128 cm³/mol. The Morgan fingerprint density at radius 2 is 1.10 bits per heavy atom. The van der Waals surface area contributed by atoms with Crippen LogP contribution in [-0.4, -0.2) is 21.4 Å². The Morgan fingerprint density at radius 1 is 0.733 bits per heavy atom. The van der Waals surface area contributed by atoms with Crippen molar-refractivity contribution in [3.63, 3.8) is 0 Å². The van der Waals surface area contributed by atoms with E-state index in [2.05, 4.69) is 0 Å². The number of nitro groups is 2. The molecule has 0 aliphatic heterocycles. The van der Waals surface area contributed by atoms with Crippen LogP contribution in [0.15, 0.2) is 56.9 Å². The maximum absolute atomic E-state index is 10.7. The Labute approximate surface area is 194 Å². The Bertz CT molecular complexity index is 994. The molecule has 0 spiro atoms. The van der Waals surface area contributed by atoms with E-state index in [0.717, 1.165) is 38.6 Å². The van der Waals surface area contributed by atoms with Crippen LogP contribution in [0.5, 0.6) is 0 Å². The first-order valence-corrected chi connectivity index (χ1v) is 12.8. The molecule has 156 valence electrons. The van der Waals surface area contributed by atoms with Crippen LogP contribution in [0.25, 0.3) is 0 Å². The maximum Gasteiger partial charge on any atom is 0.269 e. The second-order valence-corrected chi connectivity index (χ2v) is 12.0. The molecular weight excluding hydrogens is 481 g/mol. The van der Waals surface area contributed by atoms with Crippen LogP contribution in [-0.2, 0) is 12.8 Å². The van der Waals surface area contributed by atoms with Crippen molar-refractivity contribution in [3.8, 4) is 0 Å². The van der Waals surface area contributed by atoms with E-state index in [1.54, 1.807) is 70.5 Å². The van der Waals surface area contributed by atoms with Gasteiger partial charge in [-0.1, -0.05) is 36.5 Å².